The van der Waals surface area contributed by atoms with Crippen LogP contribution in [-0.4, -0.2) is 143 Å². The SMILES string of the molecule is CC(C)(C)OC(=O)N[C@H]1CCCCC/C=C\[C@@H]2C[C@@]2(C(=O)O)CC(=O)[C@@H]2C[C@@H](O)CN2C1=O.CC(C)(C)OC(=O)N[C@H]1CCCCC/C=C\[C@@H]2C[C@@]2(C(=O)O)CC(=O)[C@@H]2C[C@@H](Oc3nc4cc(F)ccc4c4ccccc34)CN2C1=O.Fc1ccc2c(c1)nc(Cl)c1ccccc12. The van der Waals surface area contributed by atoms with Gasteiger partial charge in [-0.3, -0.25) is 28.8 Å². The lowest BCUT2D eigenvalue weighted by atomic mass is 9.92. The Hall–Kier alpha value is -8.63. The summed E-state index contributed by atoms with van der Waals surface area (Å²) in [6, 6.07) is 20.4. The number of alkyl carbamates (subject to hydrolysis) is 2. The Morgan fingerprint density at radius 2 is 1.02 bits per heavy atom. The van der Waals surface area contributed by atoms with Crippen LogP contribution in [0.25, 0.3) is 43.4 Å². The van der Waals surface area contributed by atoms with Crippen LogP contribution in [0.3, 0.4) is 0 Å². The molecule has 2 saturated carbocycles. The van der Waals surface area contributed by atoms with Gasteiger partial charge in [0.1, 0.15) is 46.2 Å². The number of benzene rings is 4. The number of fused-ring (bicyclic) bond motifs is 10. The topological polar surface area (TPSA) is 281 Å². The number of nitrogens with one attached hydrogen (secondary N) is 2. The van der Waals surface area contributed by atoms with E-state index in [-0.39, 0.29) is 73.9 Å². The van der Waals surface area contributed by atoms with Gasteiger partial charge < -0.3 is 50.0 Å². The number of aliphatic hydroxyl groups is 1. The van der Waals surface area contributed by atoms with Crippen LogP contribution < -0.4 is 15.4 Å². The van der Waals surface area contributed by atoms with Gasteiger partial charge in [0.2, 0.25) is 17.7 Å². The normalized spacial score (nSPS) is 27.1. The molecular formula is C74H85ClF2N6O14. The number of ketones is 2. The molecule has 2 saturated heterocycles. The number of halogens is 3. The van der Waals surface area contributed by atoms with Crippen molar-refractivity contribution < 1.29 is 76.7 Å². The number of pyridine rings is 2. The number of nitrogens with zero attached hydrogens (tertiary/aromatic N) is 4. The van der Waals surface area contributed by atoms with Gasteiger partial charge in [0.25, 0.3) is 0 Å². The number of carboxylic acid groups (broad SMARTS) is 2. The van der Waals surface area contributed by atoms with E-state index in [1.165, 1.54) is 34.1 Å². The molecule has 4 amide bonds. The molecule has 5 N–H and O–H groups in total. The highest BCUT2D eigenvalue weighted by molar-refractivity contribution is 6.35. The highest BCUT2D eigenvalue weighted by atomic mass is 35.5. The molecule has 10 atom stereocenters. The van der Waals surface area contributed by atoms with Crippen molar-refractivity contribution in [2.75, 3.05) is 13.1 Å². The van der Waals surface area contributed by atoms with Crippen LogP contribution in [0.1, 0.15) is 144 Å². The van der Waals surface area contributed by atoms with E-state index in [0.29, 0.717) is 60.1 Å². The number of Topliss-reactive ketones (excluding diaryl/α,β-unsaturated/α-hetero) is 2. The fourth-order valence-electron chi connectivity index (χ4n) is 13.8. The van der Waals surface area contributed by atoms with E-state index in [9.17, 15) is 62.5 Å². The largest absolute Gasteiger partial charge is 0.481 e. The molecule has 6 aromatic rings. The van der Waals surface area contributed by atoms with Crippen molar-refractivity contribution in [3.8, 4) is 5.88 Å². The number of aromatic nitrogens is 2. The number of amides is 4. The highest BCUT2D eigenvalue weighted by Gasteiger charge is 2.62. The van der Waals surface area contributed by atoms with Gasteiger partial charge in [0, 0.05) is 65.9 Å². The average Bonchev–Trinajstić information content (AvgIpc) is 1.63. The molecule has 0 bridgehead atoms. The zero-order chi connectivity index (χ0) is 69.7. The molecule has 6 heterocycles. The third kappa shape index (κ3) is 17.0. The van der Waals surface area contributed by atoms with Crippen molar-refractivity contribution in [3.05, 3.63) is 126 Å². The second kappa shape index (κ2) is 29.6. The lowest BCUT2D eigenvalue weighted by Crippen LogP contribution is -2.52. The number of carboxylic acids is 2. The minimum Gasteiger partial charge on any atom is -0.481 e. The first kappa shape index (κ1) is 71.2. The van der Waals surface area contributed by atoms with Gasteiger partial charge in [0.05, 0.1) is 46.6 Å². The molecule has 0 spiro atoms. The molecule has 2 aliphatic carbocycles. The van der Waals surface area contributed by atoms with Crippen molar-refractivity contribution in [2.24, 2.45) is 22.7 Å². The number of rotatable bonds is 6. The predicted molar refractivity (Wildman–Crippen MR) is 360 cm³/mol. The van der Waals surface area contributed by atoms with Gasteiger partial charge in [-0.05, 0) is 146 Å². The standard InChI is InChI=1S/C37H42FN3O7.C24H36N2O7.C13H7ClFN/c1-36(2,3)48-35(46)40-28-14-8-6-4-5-7-11-22-19-37(22,34(44)45)20-31(42)30-18-24(21-41(30)33(28)43)47-32-27-13-10-9-12-25(27)26-16-15-23(38)17-29(26)39-32;1-23(2,3)33-22(32)25-17-10-8-6-4-5-7-9-15-12-24(15,21(30)31)13-19(28)18-11-16(27)14-26(18)20(17)29;14-13-11-4-2-1-3-9(11)10-6-5-8(15)7-12(10)16-13/h7,9-13,15-17,22,24,28,30H,4-6,8,14,18-21H2,1-3H3,(H,40,46)(H,44,45);7,9,15-18,27H,4-6,8,10-14H2,1-3H3,(H,25,32)(H,30,31);1-7H/b11-7-;9-7-;/t22-,24-,28+,30+,37-;15-,16-,17+,18+,24-;/m11./s1. The summed E-state index contributed by atoms with van der Waals surface area (Å²) in [5, 5.41) is 41.1. The Balaban J connectivity index is 0.000000178. The number of hydrogen-bond acceptors (Lipinski definition) is 14. The summed E-state index contributed by atoms with van der Waals surface area (Å²) in [7, 11) is 0. The Bertz CT molecular complexity index is 4080. The van der Waals surface area contributed by atoms with Crippen LogP contribution in [-0.2, 0) is 38.2 Å². The lowest BCUT2D eigenvalue weighted by molar-refractivity contribution is -0.147. The Labute approximate surface area is 566 Å². The third-order valence-corrected chi connectivity index (χ3v) is 19.2. The summed E-state index contributed by atoms with van der Waals surface area (Å²) in [5.41, 5.74) is -2.87. The second-order valence-corrected chi connectivity index (χ2v) is 28.8. The van der Waals surface area contributed by atoms with Crippen LogP contribution in [0.4, 0.5) is 18.4 Å². The number of aliphatic hydroxyl groups excluding tert-OH is 1. The third-order valence-electron chi connectivity index (χ3n) is 18.9. The molecule has 4 aliphatic heterocycles. The van der Waals surface area contributed by atoms with Crippen molar-refractivity contribution >= 4 is 102 Å². The average molecular weight is 1360 g/mol. The van der Waals surface area contributed by atoms with Crippen molar-refractivity contribution in [3.63, 3.8) is 0 Å². The van der Waals surface area contributed by atoms with E-state index >= 15 is 0 Å². The summed E-state index contributed by atoms with van der Waals surface area (Å²) in [5.74, 6) is -4.59. The summed E-state index contributed by atoms with van der Waals surface area (Å²) < 4.78 is 44.5. The molecule has 97 heavy (non-hydrogen) atoms. The van der Waals surface area contributed by atoms with Crippen molar-refractivity contribution in [2.45, 2.75) is 192 Å². The van der Waals surface area contributed by atoms with Crippen LogP contribution in [0.5, 0.6) is 5.88 Å². The van der Waals surface area contributed by atoms with Gasteiger partial charge >= 0.3 is 24.1 Å². The molecule has 12 rings (SSSR count). The zero-order valence-corrected chi connectivity index (χ0v) is 56.3. The van der Waals surface area contributed by atoms with Gasteiger partial charge in [-0.25, -0.2) is 28.3 Å². The molecule has 516 valence electrons. The summed E-state index contributed by atoms with van der Waals surface area (Å²) in [4.78, 5) is 116. The smallest absolute Gasteiger partial charge is 0.408 e. The fourth-order valence-corrected chi connectivity index (χ4v) is 14.1. The predicted octanol–water partition coefficient (Wildman–Crippen LogP) is 12.9. The highest BCUT2D eigenvalue weighted by Crippen LogP contribution is 2.58. The molecule has 2 aromatic heterocycles. The first-order valence-corrected chi connectivity index (χ1v) is 33.8. The van der Waals surface area contributed by atoms with E-state index in [0.717, 1.165) is 65.5 Å². The number of allylic oxidation sites excluding steroid dienone is 4. The van der Waals surface area contributed by atoms with Crippen LogP contribution >= 0.6 is 11.6 Å². The summed E-state index contributed by atoms with van der Waals surface area (Å²) in [6.45, 7) is 10.4. The first-order chi connectivity index (χ1) is 46.0. The van der Waals surface area contributed by atoms with Crippen molar-refractivity contribution in [1.29, 1.82) is 0 Å². The molecule has 6 aliphatic rings. The maximum Gasteiger partial charge on any atom is 0.408 e. The molecular weight excluding hydrogens is 1270 g/mol. The fraction of sp³-hybridized carbons (Fsp3) is 0.486. The lowest BCUT2D eigenvalue weighted by Gasteiger charge is -2.30. The van der Waals surface area contributed by atoms with E-state index < -0.39 is 100 Å². The summed E-state index contributed by atoms with van der Waals surface area (Å²) >= 11 is 6.05. The maximum absolute atomic E-state index is 14.3. The first-order valence-electron chi connectivity index (χ1n) is 33.4. The van der Waals surface area contributed by atoms with Crippen LogP contribution in [0.15, 0.2) is 109 Å². The maximum atomic E-state index is 14.3. The van der Waals surface area contributed by atoms with Gasteiger partial charge in [-0.1, -0.05) is 104 Å². The molecule has 0 unspecified atom stereocenters. The molecule has 0 radical (unpaired) electrons. The van der Waals surface area contributed by atoms with Crippen LogP contribution in [0, 0.1) is 34.3 Å². The zero-order valence-electron chi connectivity index (χ0n) is 55.5. The Morgan fingerprint density at radius 3 is 1.51 bits per heavy atom. The van der Waals surface area contributed by atoms with E-state index in [1.807, 2.05) is 72.8 Å². The van der Waals surface area contributed by atoms with Gasteiger partial charge in [-0.2, -0.15) is 0 Å². The number of aliphatic carboxylic acids is 2. The van der Waals surface area contributed by atoms with E-state index in [1.54, 1.807) is 53.7 Å². The minimum atomic E-state index is -1.21. The molecule has 23 heteroatoms. The Morgan fingerprint density at radius 1 is 0.577 bits per heavy atom. The monoisotopic (exact) mass is 1350 g/mol. The minimum absolute atomic E-state index is 0.0162. The summed E-state index contributed by atoms with van der Waals surface area (Å²) in [6.07, 6.45) is 12.3. The number of ether oxygens (including phenoxy) is 3. The number of carbonyl (C=O) groups is 8. The molecule has 20 nitrogen and oxygen atoms in total. The van der Waals surface area contributed by atoms with Crippen molar-refractivity contribution in [1.82, 2.24) is 30.4 Å². The molecule has 4 fully saturated rings. The van der Waals surface area contributed by atoms with Gasteiger partial charge in [-0.15, -0.1) is 0 Å². The number of hydrogen-bond donors (Lipinski definition) is 5. The van der Waals surface area contributed by atoms with Gasteiger partial charge in [0.15, 0.2) is 11.6 Å². The quantitative estimate of drug-likeness (QED) is 0.0589. The number of carbonyl (C=O) groups excluding carboxylic acids is 6. The van der Waals surface area contributed by atoms with E-state index in [2.05, 4.69) is 20.6 Å². The van der Waals surface area contributed by atoms with E-state index in [4.69, 9.17) is 25.8 Å². The second-order valence-electron chi connectivity index (χ2n) is 28.5. The van der Waals surface area contributed by atoms with Crippen LogP contribution in [0.2, 0.25) is 5.15 Å². The Kier molecular flexibility index (Phi) is 21.7. The molecule has 4 aromatic carbocycles.